The molecule has 0 radical (unpaired) electrons. The summed E-state index contributed by atoms with van der Waals surface area (Å²) in [4.78, 5) is 13.7. The van der Waals surface area contributed by atoms with Crippen molar-refractivity contribution < 1.29 is 4.74 Å². The van der Waals surface area contributed by atoms with Crippen LogP contribution in [-0.2, 0) is 0 Å². The van der Waals surface area contributed by atoms with E-state index < -0.39 is 0 Å². The molecule has 0 saturated carbocycles. The summed E-state index contributed by atoms with van der Waals surface area (Å²) in [5, 5.41) is 14.4. The van der Waals surface area contributed by atoms with E-state index in [2.05, 4.69) is 91.6 Å². The maximum Gasteiger partial charge on any atom is 0.323 e. The van der Waals surface area contributed by atoms with E-state index in [-0.39, 0.29) is 28.3 Å². The average molecular weight is 560 g/mol. The third kappa shape index (κ3) is 11.7. The van der Waals surface area contributed by atoms with E-state index in [1.165, 1.54) is 51.4 Å². The molecular weight excluding hydrogens is 498 g/mol. The Balaban J connectivity index is 1.43. The molecule has 0 spiro atoms. The molecule has 0 amide bonds. The SMILES string of the molecule is CC(C)Oc1nc(NCCCCC2CC(C)(C)NC(C)(C)C2)nc(NCCCCC2CC(C)(C)NC(C)(C)C2)n1. The van der Waals surface area contributed by atoms with Crippen molar-refractivity contribution in [2.45, 2.75) is 162 Å². The minimum atomic E-state index is 0.0140. The molecule has 0 bridgehead atoms. The number of piperidine rings is 2. The van der Waals surface area contributed by atoms with Crippen LogP contribution in [-0.4, -0.2) is 56.3 Å². The molecular formula is C32H61N7O. The van der Waals surface area contributed by atoms with Gasteiger partial charge in [0.1, 0.15) is 0 Å². The lowest BCUT2D eigenvalue weighted by Gasteiger charge is -2.46. The van der Waals surface area contributed by atoms with Gasteiger partial charge in [0, 0.05) is 35.2 Å². The van der Waals surface area contributed by atoms with Gasteiger partial charge < -0.3 is 26.0 Å². The van der Waals surface area contributed by atoms with Crippen molar-refractivity contribution in [3.8, 4) is 6.01 Å². The molecule has 4 N–H and O–H groups in total. The van der Waals surface area contributed by atoms with Gasteiger partial charge in [0.25, 0.3) is 0 Å². The van der Waals surface area contributed by atoms with Crippen molar-refractivity contribution in [3.63, 3.8) is 0 Å². The van der Waals surface area contributed by atoms with Crippen LogP contribution in [0.15, 0.2) is 0 Å². The lowest BCUT2D eigenvalue weighted by molar-refractivity contribution is 0.121. The molecule has 0 unspecified atom stereocenters. The molecule has 1 aromatic heterocycles. The van der Waals surface area contributed by atoms with Crippen molar-refractivity contribution in [2.24, 2.45) is 11.8 Å². The third-order valence-electron chi connectivity index (χ3n) is 8.15. The number of aromatic nitrogens is 3. The number of rotatable bonds is 14. The van der Waals surface area contributed by atoms with Crippen LogP contribution in [0.4, 0.5) is 11.9 Å². The topological polar surface area (TPSA) is 96.0 Å². The second-order valence-corrected chi connectivity index (χ2v) is 15.6. The van der Waals surface area contributed by atoms with Gasteiger partial charge in [0.15, 0.2) is 0 Å². The van der Waals surface area contributed by atoms with E-state index in [1.807, 2.05) is 13.8 Å². The molecule has 8 heteroatoms. The van der Waals surface area contributed by atoms with Gasteiger partial charge in [-0.3, -0.25) is 0 Å². The second kappa shape index (κ2) is 13.5. The summed E-state index contributed by atoms with van der Waals surface area (Å²) in [6.07, 6.45) is 12.2. The average Bonchev–Trinajstić information content (AvgIpc) is 2.74. The highest BCUT2D eigenvalue weighted by Crippen LogP contribution is 2.36. The standard InChI is InChI=1S/C32H61N7O/c1-23(2)40-28-36-26(33-17-13-11-15-24-19-29(3,4)38-30(5,6)20-24)35-27(37-28)34-18-14-12-16-25-21-31(7,8)39-32(9,10)22-25/h23-25,38-39H,11-22H2,1-10H3,(H2,33,34,35,36,37). The van der Waals surface area contributed by atoms with E-state index in [0.717, 1.165) is 37.8 Å². The number of anilines is 2. The summed E-state index contributed by atoms with van der Waals surface area (Å²) in [6, 6.07) is 0.383. The van der Waals surface area contributed by atoms with Crippen LogP contribution in [0.1, 0.15) is 133 Å². The lowest BCUT2D eigenvalue weighted by Crippen LogP contribution is -2.57. The molecule has 2 aliphatic heterocycles. The first-order valence-corrected chi connectivity index (χ1v) is 16.0. The van der Waals surface area contributed by atoms with Crippen LogP contribution < -0.4 is 26.0 Å². The fraction of sp³-hybridized carbons (Fsp3) is 0.906. The van der Waals surface area contributed by atoms with Crippen molar-refractivity contribution in [2.75, 3.05) is 23.7 Å². The van der Waals surface area contributed by atoms with Crippen LogP contribution >= 0.6 is 0 Å². The monoisotopic (exact) mass is 559 g/mol. The first-order chi connectivity index (χ1) is 18.5. The smallest absolute Gasteiger partial charge is 0.323 e. The van der Waals surface area contributed by atoms with E-state index in [0.29, 0.717) is 17.9 Å². The van der Waals surface area contributed by atoms with Gasteiger partial charge in [-0.05, 0) is 120 Å². The van der Waals surface area contributed by atoms with Gasteiger partial charge in [0.05, 0.1) is 6.10 Å². The predicted molar refractivity (Wildman–Crippen MR) is 168 cm³/mol. The number of nitrogens with zero attached hydrogens (tertiary/aromatic N) is 3. The van der Waals surface area contributed by atoms with Gasteiger partial charge >= 0.3 is 6.01 Å². The van der Waals surface area contributed by atoms with Gasteiger partial charge in [0.2, 0.25) is 11.9 Å². The molecule has 2 saturated heterocycles. The van der Waals surface area contributed by atoms with E-state index >= 15 is 0 Å². The quantitative estimate of drug-likeness (QED) is 0.182. The van der Waals surface area contributed by atoms with Crippen LogP contribution in [0.3, 0.4) is 0 Å². The Kier molecular flexibility index (Phi) is 11.1. The van der Waals surface area contributed by atoms with Gasteiger partial charge in [-0.2, -0.15) is 15.0 Å². The van der Waals surface area contributed by atoms with Crippen LogP contribution in [0, 0.1) is 11.8 Å². The molecule has 0 aliphatic carbocycles. The third-order valence-corrected chi connectivity index (χ3v) is 8.15. The number of ether oxygens (including phenoxy) is 1. The predicted octanol–water partition coefficient (Wildman–Crippen LogP) is 6.94. The maximum absolute atomic E-state index is 5.83. The summed E-state index contributed by atoms with van der Waals surface area (Å²) >= 11 is 0. The van der Waals surface area contributed by atoms with Crippen LogP contribution in [0.2, 0.25) is 0 Å². The molecule has 1 aromatic rings. The van der Waals surface area contributed by atoms with Gasteiger partial charge in [-0.15, -0.1) is 0 Å². The molecule has 40 heavy (non-hydrogen) atoms. The first kappa shape index (κ1) is 32.8. The summed E-state index contributed by atoms with van der Waals surface area (Å²) in [7, 11) is 0. The lowest BCUT2D eigenvalue weighted by atomic mass is 9.74. The summed E-state index contributed by atoms with van der Waals surface area (Å²) in [6.45, 7) is 24.4. The maximum atomic E-state index is 5.83. The van der Waals surface area contributed by atoms with Gasteiger partial charge in [-0.1, -0.05) is 25.7 Å². The number of nitrogens with one attached hydrogen (secondary N) is 4. The molecule has 0 aromatic carbocycles. The summed E-state index contributed by atoms with van der Waals surface area (Å²) in [5.74, 6) is 2.74. The Morgan fingerprint density at radius 3 is 1.38 bits per heavy atom. The summed E-state index contributed by atoms with van der Waals surface area (Å²) < 4.78 is 5.83. The van der Waals surface area contributed by atoms with Crippen molar-refractivity contribution in [1.29, 1.82) is 0 Å². The molecule has 8 nitrogen and oxygen atoms in total. The Morgan fingerprint density at radius 2 is 1.02 bits per heavy atom. The fourth-order valence-corrected chi connectivity index (χ4v) is 7.77. The van der Waals surface area contributed by atoms with E-state index in [4.69, 9.17) is 4.74 Å². The largest absolute Gasteiger partial charge is 0.461 e. The van der Waals surface area contributed by atoms with Crippen molar-refractivity contribution in [3.05, 3.63) is 0 Å². The highest BCUT2D eigenvalue weighted by Gasteiger charge is 2.38. The highest BCUT2D eigenvalue weighted by atomic mass is 16.5. The van der Waals surface area contributed by atoms with E-state index in [9.17, 15) is 0 Å². The second-order valence-electron chi connectivity index (χ2n) is 15.6. The summed E-state index contributed by atoms with van der Waals surface area (Å²) in [5.41, 5.74) is 0.861. The number of hydrogen-bond acceptors (Lipinski definition) is 8. The fourth-order valence-electron chi connectivity index (χ4n) is 7.77. The Bertz CT molecular complexity index is 830. The van der Waals surface area contributed by atoms with Crippen LogP contribution in [0.25, 0.3) is 0 Å². The zero-order valence-corrected chi connectivity index (χ0v) is 27.5. The van der Waals surface area contributed by atoms with Crippen molar-refractivity contribution >= 4 is 11.9 Å². The minimum absolute atomic E-state index is 0.0140. The number of hydrogen-bond donors (Lipinski definition) is 4. The molecule has 3 rings (SSSR count). The van der Waals surface area contributed by atoms with Gasteiger partial charge in [-0.25, -0.2) is 0 Å². The zero-order valence-electron chi connectivity index (χ0n) is 27.5. The molecule has 2 fully saturated rings. The molecule has 0 atom stereocenters. The zero-order chi connectivity index (χ0) is 29.6. The molecule has 2 aliphatic rings. The first-order valence-electron chi connectivity index (χ1n) is 16.0. The Hall–Kier alpha value is -1.67. The van der Waals surface area contributed by atoms with E-state index in [1.54, 1.807) is 0 Å². The minimum Gasteiger partial charge on any atom is -0.461 e. The highest BCUT2D eigenvalue weighted by molar-refractivity contribution is 5.35. The Labute approximate surface area is 245 Å². The molecule has 3 heterocycles. The molecule has 230 valence electrons. The Morgan fingerprint density at radius 1 is 0.650 bits per heavy atom. The van der Waals surface area contributed by atoms with Crippen molar-refractivity contribution in [1.82, 2.24) is 25.6 Å². The van der Waals surface area contributed by atoms with Crippen LogP contribution in [0.5, 0.6) is 6.01 Å². The number of unbranched alkanes of at least 4 members (excludes halogenated alkanes) is 2. The normalized spacial score (nSPS) is 22.3.